The van der Waals surface area contributed by atoms with Crippen molar-refractivity contribution in [3.05, 3.63) is 40.2 Å². The number of fused-ring (bicyclic) bond motifs is 7. The van der Waals surface area contributed by atoms with E-state index in [1.165, 1.54) is 12.0 Å². The summed E-state index contributed by atoms with van der Waals surface area (Å²) in [4.78, 5) is 43.9. The summed E-state index contributed by atoms with van der Waals surface area (Å²) >= 11 is 6.07. The molecule has 0 aromatic carbocycles. The number of hydrogen-bond acceptors (Lipinski definition) is 6. The number of halogens is 1. The van der Waals surface area contributed by atoms with Gasteiger partial charge in [0.25, 0.3) is 0 Å². The predicted octanol–water partition coefficient (Wildman–Crippen LogP) is 9.85. The van der Waals surface area contributed by atoms with Crippen LogP contribution in [0.5, 0.6) is 0 Å². The van der Waals surface area contributed by atoms with Crippen molar-refractivity contribution in [1.29, 1.82) is 0 Å². The van der Waals surface area contributed by atoms with Crippen molar-refractivity contribution in [3.8, 4) is 0 Å². The normalized spacial score (nSPS) is 41.2. The van der Waals surface area contributed by atoms with Gasteiger partial charge >= 0.3 is 11.9 Å². The molecule has 0 unspecified atom stereocenters. The van der Waals surface area contributed by atoms with E-state index in [-0.39, 0.29) is 51.0 Å². The van der Waals surface area contributed by atoms with Crippen LogP contribution < -0.4 is 5.32 Å². The molecule has 5 saturated carbocycles. The van der Waals surface area contributed by atoms with E-state index in [2.05, 4.69) is 58.8 Å². The lowest BCUT2D eigenvalue weighted by atomic mass is 9.33. The Hall–Kier alpha value is -2.25. The molecule has 5 fully saturated rings. The summed E-state index contributed by atoms with van der Waals surface area (Å²) in [6.45, 7) is 22.3. The van der Waals surface area contributed by atoms with E-state index in [0.29, 0.717) is 47.9 Å². The second-order valence-corrected chi connectivity index (χ2v) is 21.1. The number of aliphatic carboxylic acids is 1. The van der Waals surface area contributed by atoms with Gasteiger partial charge in [0.2, 0.25) is 0 Å². The lowest BCUT2D eigenvalue weighted by Crippen LogP contribution is -2.66. The molecule has 2 N–H and O–H groups in total. The number of Topliss-reactive ketones (excluding diaryl/α,β-unsaturated/α-hetero) is 1. The fourth-order valence-corrected chi connectivity index (χ4v) is 14.4. The highest BCUT2D eigenvalue weighted by atomic mass is 35.5. The maximum atomic E-state index is 14.0. The van der Waals surface area contributed by atoms with Crippen LogP contribution in [0.4, 0.5) is 0 Å². The van der Waals surface area contributed by atoms with Crippen molar-refractivity contribution in [2.45, 2.75) is 146 Å². The Morgan fingerprint density at radius 1 is 0.925 bits per heavy atom. The Labute approximate surface area is 323 Å². The molecule has 53 heavy (non-hydrogen) atoms. The summed E-state index contributed by atoms with van der Waals surface area (Å²) in [7, 11) is 0. The van der Waals surface area contributed by atoms with Gasteiger partial charge < -0.3 is 15.2 Å². The van der Waals surface area contributed by atoms with Crippen molar-refractivity contribution in [2.24, 2.45) is 68.0 Å². The standard InChI is InChI=1S/C45H65ClN2O5/c1-26(2)36-32(49)23-45(20-21-47-25-28-11-10-27(46)24-48-28)19-18-43(8)29(37(36)45)12-13-34-42(7)16-15-35(41(5,6)33(42)14-17-44(34,43)9)53-39(52)31-22-30(38(50)51)40(31,3)4/h10-11,24,26,29-31,33-35,47H,12-23,25H2,1-9H3,(H,50,51)/t29-,30+,31-,33+,34-,35+,42+,43-,44-,45-/m1/s1. The van der Waals surface area contributed by atoms with Crippen molar-refractivity contribution in [2.75, 3.05) is 6.54 Å². The first-order valence-electron chi connectivity index (χ1n) is 20.7. The minimum absolute atomic E-state index is 0.0605. The van der Waals surface area contributed by atoms with E-state index < -0.39 is 17.3 Å². The van der Waals surface area contributed by atoms with E-state index in [1.807, 2.05) is 26.0 Å². The number of rotatable bonds is 9. The van der Waals surface area contributed by atoms with Crippen LogP contribution in [-0.4, -0.2) is 40.5 Å². The molecule has 0 bridgehead atoms. The fraction of sp³-hybridized carbons (Fsp3) is 0.778. The van der Waals surface area contributed by atoms with Gasteiger partial charge in [-0.2, -0.15) is 0 Å². The van der Waals surface area contributed by atoms with Crippen LogP contribution in [-0.2, 0) is 25.7 Å². The van der Waals surface area contributed by atoms with E-state index in [1.54, 1.807) is 6.20 Å². The van der Waals surface area contributed by atoms with Gasteiger partial charge in [0.15, 0.2) is 5.78 Å². The van der Waals surface area contributed by atoms with Crippen LogP contribution in [0.15, 0.2) is 29.5 Å². The molecule has 0 saturated heterocycles. The zero-order chi connectivity index (χ0) is 38.5. The van der Waals surface area contributed by atoms with E-state index in [0.717, 1.165) is 69.2 Å². The van der Waals surface area contributed by atoms with Crippen molar-refractivity contribution in [1.82, 2.24) is 10.3 Å². The van der Waals surface area contributed by atoms with Crippen LogP contribution in [0.25, 0.3) is 0 Å². The zero-order valence-corrected chi connectivity index (χ0v) is 34.6. The third kappa shape index (κ3) is 5.81. The Morgan fingerprint density at radius 3 is 2.30 bits per heavy atom. The topological polar surface area (TPSA) is 106 Å². The van der Waals surface area contributed by atoms with Gasteiger partial charge in [-0.05, 0) is 134 Å². The highest BCUT2D eigenvalue weighted by Gasteiger charge is 2.70. The second-order valence-electron chi connectivity index (χ2n) is 20.7. The molecule has 1 aromatic rings. The third-order valence-corrected chi connectivity index (χ3v) is 17.7. The summed E-state index contributed by atoms with van der Waals surface area (Å²) in [5.74, 6) is 0.157. The maximum Gasteiger partial charge on any atom is 0.309 e. The number of carboxylic acid groups (broad SMARTS) is 1. The molecule has 6 aliphatic carbocycles. The van der Waals surface area contributed by atoms with Crippen LogP contribution in [0.2, 0.25) is 5.02 Å². The molecule has 0 radical (unpaired) electrons. The number of nitrogens with zero attached hydrogens (tertiary/aromatic N) is 1. The van der Waals surface area contributed by atoms with Crippen molar-refractivity contribution < 1.29 is 24.2 Å². The van der Waals surface area contributed by atoms with Gasteiger partial charge in [0, 0.05) is 30.0 Å². The van der Waals surface area contributed by atoms with E-state index in [4.69, 9.17) is 16.3 Å². The second kappa shape index (κ2) is 13.2. The Bertz CT molecular complexity index is 1680. The summed E-state index contributed by atoms with van der Waals surface area (Å²) in [5.41, 5.74) is 3.22. The molecule has 7 nitrogen and oxygen atoms in total. The van der Waals surface area contributed by atoms with Gasteiger partial charge in [-0.1, -0.05) is 79.5 Å². The quantitative estimate of drug-likeness (QED) is 0.191. The molecular formula is C45H65ClN2O5. The molecule has 0 spiro atoms. The Kier molecular flexibility index (Phi) is 9.69. The van der Waals surface area contributed by atoms with Crippen LogP contribution >= 0.6 is 11.6 Å². The number of carbonyl (C=O) groups excluding carboxylic acids is 2. The first-order valence-corrected chi connectivity index (χ1v) is 21.1. The predicted molar refractivity (Wildman–Crippen MR) is 208 cm³/mol. The van der Waals surface area contributed by atoms with Crippen molar-refractivity contribution in [3.63, 3.8) is 0 Å². The lowest BCUT2D eigenvalue weighted by molar-refractivity contribution is -0.236. The van der Waals surface area contributed by atoms with Crippen LogP contribution in [0.1, 0.15) is 139 Å². The molecular weight excluding hydrogens is 684 g/mol. The smallest absolute Gasteiger partial charge is 0.309 e. The monoisotopic (exact) mass is 748 g/mol. The number of pyridine rings is 1. The minimum Gasteiger partial charge on any atom is -0.481 e. The number of carbonyl (C=O) groups is 3. The van der Waals surface area contributed by atoms with Crippen LogP contribution in [0, 0.1) is 68.0 Å². The Balaban J connectivity index is 1.11. The van der Waals surface area contributed by atoms with Crippen LogP contribution in [0.3, 0.4) is 0 Å². The number of aromatic nitrogens is 1. The third-order valence-electron chi connectivity index (χ3n) is 17.5. The van der Waals surface area contributed by atoms with Gasteiger partial charge in [0.1, 0.15) is 6.10 Å². The molecule has 0 amide bonds. The average Bonchev–Trinajstić information content (AvgIpc) is 3.37. The van der Waals surface area contributed by atoms with Gasteiger partial charge in [0.05, 0.1) is 22.6 Å². The minimum atomic E-state index is -0.818. The highest BCUT2D eigenvalue weighted by Crippen LogP contribution is 2.77. The highest BCUT2D eigenvalue weighted by molar-refractivity contribution is 6.30. The molecule has 8 heteroatoms. The molecule has 6 aliphatic rings. The first kappa shape index (κ1) is 39.0. The van der Waals surface area contributed by atoms with E-state index in [9.17, 15) is 19.5 Å². The number of ether oxygens (including phenoxy) is 1. The van der Waals surface area contributed by atoms with Crippen molar-refractivity contribution >= 4 is 29.3 Å². The largest absolute Gasteiger partial charge is 0.481 e. The molecule has 1 heterocycles. The number of hydrogen-bond donors (Lipinski definition) is 2. The lowest BCUT2D eigenvalue weighted by Gasteiger charge is -2.72. The summed E-state index contributed by atoms with van der Waals surface area (Å²) in [6, 6.07) is 3.86. The average molecular weight is 749 g/mol. The van der Waals surface area contributed by atoms with Gasteiger partial charge in [-0.15, -0.1) is 0 Å². The number of nitrogens with one attached hydrogen (secondary N) is 1. The van der Waals surface area contributed by atoms with E-state index >= 15 is 0 Å². The molecule has 292 valence electrons. The summed E-state index contributed by atoms with van der Waals surface area (Å²) in [6.07, 6.45) is 12.3. The zero-order valence-electron chi connectivity index (χ0n) is 33.9. The molecule has 7 rings (SSSR count). The number of carboxylic acids is 1. The molecule has 1 aromatic heterocycles. The first-order chi connectivity index (χ1) is 24.7. The Morgan fingerprint density at radius 2 is 1.66 bits per heavy atom. The summed E-state index contributed by atoms with van der Waals surface area (Å²) in [5, 5.41) is 14.0. The summed E-state index contributed by atoms with van der Waals surface area (Å²) < 4.78 is 6.42. The fourth-order valence-electron chi connectivity index (χ4n) is 14.3. The molecule has 0 aliphatic heterocycles. The van der Waals surface area contributed by atoms with Gasteiger partial charge in [-0.3, -0.25) is 19.4 Å². The maximum absolute atomic E-state index is 14.0. The number of allylic oxidation sites excluding steroid dienone is 2. The number of esters is 1. The molecule has 10 atom stereocenters. The SMILES string of the molecule is CC(C)C1=C2[C@H]3CC[C@@H]4[C@@]5(C)CC[C@H](OC(=O)[C@H]6C[C@@H](C(=O)O)C6(C)C)C(C)(C)[C@@H]5CC[C@@]4(C)[C@]3(C)CC[C@@]2(CCNCc2ccc(Cl)cn2)CC1=O. The van der Waals surface area contributed by atoms with Gasteiger partial charge in [-0.25, -0.2) is 0 Å². The number of ketones is 1.